The van der Waals surface area contributed by atoms with Crippen LogP contribution in [0.2, 0.25) is 0 Å². The van der Waals surface area contributed by atoms with Crippen LogP contribution >= 0.6 is 0 Å². The van der Waals surface area contributed by atoms with E-state index >= 15 is 0 Å². The lowest BCUT2D eigenvalue weighted by Crippen LogP contribution is -2.39. The number of nitrogens with one attached hydrogen (secondary N) is 1. The Kier molecular flexibility index (Phi) is 5.93. The predicted molar refractivity (Wildman–Crippen MR) is 113 cm³/mol. The van der Waals surface area contributed by atoms with E-state index in [1.165, 1.54) is 28.7 Å². The fraction of sp³-hybridized carbons (Fsp3) is 0.542. The Morgan fingerprint density at radius 1 is 1.07 bits per heavy atom. The molecule has 0 atom stereocenters. The number of hydrogen-bond acceptors (Lipinski definition) is 4. The summed E-state index contributed by atoms with van der Waals surface area (Å²) in [6, 6.07) is 7.41. The zero-order valence-electron chi connectivity index (χ0n) is 18.1. The third kappa shape index (κ3) is 4.41. The molecule has 0 saturated heterocycles. The summed E-state index contributed by atoms with van der Waals surface area (Å²) in [5, 5.41) is 20.8. The van der Waals surface area contributed by atoms with Crippen LogP contribution in [0.1, 0.15) is 79.1 Å². The second-order valence-corrected chi connectivity index (χ2v) is 9.57. The second-order valence-electron chi connectivity index (χ2n) is 9.57. The first-order valence-electron chi connectivity index (χ1n) is 10.3. The third-order valence-corrected chi connectivity index (χ3v) is 6.34. The molecule has 158 valence electrons. The molecule has 5 nitrogen and oxygen atoms in total. The van der Waals surface area contributed by atoms with Crippen molar-refractivity contribution in [2.45, 2.75) is 70.8 Å². The van der Waals surface area contributed by atoms with E-state index in [1.807, 2.05) is 6.07 Å². The summed E-state index contributed by atoms with van der Waals surface area (Å²) < 4.78 is 5.76. The van der Waals surface area contributed by atoms with Gasteiger partial charge in [-0.05, 0) is 65.0 Å². The third-order valence-electron chi connectivity index (χ3n) is 6.34. The lowest BCUT2D eigenvalue weighted by Gasteiger charge is -2.42. The van der Waals surface area contributed by atoms with Gasteiger partial charge >= 0.3 is 0 Å². The van der Waals surface area contributed by atoms with Gasteiger partial charge in [0.25, 0.3) is 5.91 Å². The number of fused-ring (bicyclic) bond motifs is 1. The van der Waals surface area contributed by atoms with E-state index < -0.39 is 11.9 Å². The van der Waals surface area contributed by atoms with Gasteiger partial charge in [0.15, 0.2) is 5.76 Å². The number of benzene rings is 1. The maximum atomic E-state index is 12.2. The van der Waals surface area contributed by atoms with Crippen molar-refractivity contribution >= 4 is 5.91 Å². The number of carbonyl (C=O) groups is 1. The van der Waals surface area contributed by atoms with Gasteiger partial charge < -0.3 is 19.9 Å². The van der Waals surface area contributed by atoms with Crippen LogP contribution in [-0.4, -0.2) is 35.4 Å². The van der Waals surface area contributed by atoms with Gasteiger partial charge in [-0.15, -0.1) is 0 Å². The number of aliphatic hydroxyl groups is 2. The average molecular weight is 400 g/mol. The number of carbonyl (C=O) groups excluding carboxylic acids is 1. The summed E-state index contributed by atoms with van der Waals surface area (Å²) >= 11 is 0. The van der Waals surface area contributed by atoms with E-state index in [1.54, 1.807) is 6.07 Å². The fourth-order valence-corrected chi connectivity index (χ4v) is 4.15. The van der Waals surface area contributed by atoms with Crippen molar-refractivity contribution in [2.75, 3.05) is 13.2 Å². The quantitative estimate of drug-likeness (QED) is 0.693. The Morgan fingerprint density at radius 2 is 1.66 bits per heavy atom. The van der Waals surface area contributed by atoms with Crippen molar-refractivity contribution in [1.29, 1.82) is 0 Å². The minimum Gasteiger partial charge on any atom is -0.456 e. The van der Waals surface area contributed by atoms with Crippen LogP contribution in [0.4, 0.5) is 0 Å². The van der Waals surface area contributed by atoms with Crippen molar-refractivity contribution in [3.63, 3.8) is 0 Å². The molecule has 29 heavy (non-hydrogen) atoms. The zero-order chi connectivity index (χ0) is 21.4. The van der Waals surface area contributed by atoms with Gasteiger partial charge in [0, 0.05) is 6.42 Å². The molecule has 0 fully saturated rings. The molecule has 1 heterocycles. The Morgan fingerprint density at radius 3 is 2.24 bits per heavy atom. The molecule has 1 aliphatic rings. The van der Waals surface area contributed by atoms with Crippen LogP contribution in [-0.2, 0) is 17.3 Å². The van der Waals surface area contributed by atoms with E-state index in [0.717, 1.165) is 12.2 Å². The van der Waals surface area contributed by atoms with Crippen molar-refractivity contribution < 1.29 is 19.4 Å². The van der Waals surface area contributed by atoms with Gasteiger partial charge in [0.2, 0.25) is 0 Å². The Bertz CT molecular complexity index is 890. The van der Waals surface area contributed by atoms with Gasteiger partial charge in [-0.3, -0.25) is 4.79 Å². The average Bonchev–Trinajstić information content (AvgIpc) is 3.13. The molecule has 0 aliphatic heterocycles. The van der Waals surface area contributed by atoms with E-state index in [0.29, 0.717) is 6.42 Å². The first kappa shape index (κ1) is 21.6. The largest absolute Gasteiger partial charge is 0.456 e. The molecule has 1 aliphatic carbocycles. The van der Waals surface area contributed by atoms with Gasteiger partial charge in [-0.25, -0.2) is 0 Å². The van der Waals surface area contributed by atoms with Crippen LogP contribution in [0.15, 0.2) is 28.7 Å². The molecule has 3 N–H and O–H groups in total. The van der Waals surface area contributed by atoms with Crippen molar-refractivity contribution in [2.24, 2.45) is 0 Å². The molecule has 1 aromatic carbocycles. The number of furan rings is 1. The number of amides is 1. The van der Waals surface area contributed by atoms with Crippen LogP contribution in [0.3, 0.4) is 0 Å². The van der Waals surface area contributed by atoms with E-state index in [9.17, 15) is 4.79 Å². The first-order chi connectivity index (χ1) is 13.6. The smallest absolute Gasteiger partial charge is 0.287 e. The summed E-state index contributed by atoms with van der Waals surface area (Å²) in [4.78, 5) is 12.2. The molecule has 2 aromatic rings. The number of aliphatic hydroxyl groups excluding tert-OH is 2. The molecule has 0 unspecified atom stereocenters. The summed E-state index contributed by atoms with van der Waals surface area (Å²) in [6.07, 6.45) is 2.97. The van der Waals surface area contributed by atoms with Crippen LogP contribution < -0.4 is 5.32 Å². The minimum absolute atomic E-state index is 0.144. The fourth-order valence-electron chi connectivity index (χ4n) is 4.15. The summed E-state index contributed by atoms with van der Waals surface area (Å²) in [6.45, 7) is 10.8. The number of rotatable bonds is 6. The normalized spacial score (nSPS) is 17.2. The Labute approximate surface area is 173 Å². The first-order valence-corrected chi connectivity index (χ1v) is 10.3. The van der Waals surface area contributed by atoms with E-state index in [-0.39, 0.29) is 29.8 Å². The predicted octanol–water partition coefficient (Wildman–Crippen LogP) is 3.61. The van der Waals surface area contributed by atoms with Crippen molar-refractivity contribution in [3.8, 4) is 0 Å². The maximum absolute atomic E-state index is 12.2. The molecule has 0 saturated carbocycles. The highest BCUT2D eigenvalue weighted by atomic mass is 16.4. The highest BCUT2D eigenvalue weighted by Gasteiger charge is 2.37. The van der Waals surface area contributed by atoms with Crippen LogP contribution in [0.5, 0.6) is 0 Å². The molecular weight excluding hydrogens is 366 g/mol. The van der Waals surface area contributed by atoms with Crippen LogP contribution in [0.25, 0.3) is 0 Å². The highest BCUT2D eigenvalue weighted by Crippen LogP contribution is 2.46. The van der Waals surface area contributed by atoms with Gasteiger partial charge in [0.1, 0.15) is 5.76 Å². The van der Waals surface area contributed by atoms with Crippen molar-refractivity contribution in [3.05, 3.63) is 58.0 Å². The summed E-state index contributed by atoms with van der Waals surface area (Å²) in [5.41, 5.74) is 5.61. The Balaban J connectivity index is 1.85. The molecule has 1 amide bonds. The highest BCUT2D eigenvalue weighted by molar-refractivity contribution is 5.91. The topological polar surface area (TPSA) is 82.7 Å². The molecule has 0 bridgehead atoms. The van der Waals surface area contributed by atoms with Gasteiger partial charge in [-0.1, -0.05) is 39.8 Å². The molecule has 0 spiro atoms. The second kappa shape index (κ2) is 7.96. The maximum Gasteiger partial charge on any atom is 0.287 e. The summed E-state index contributed by atoms with van der Waals surface area (Å²) in [5.74, 6) is 0.467. The lowest BCUT2D eigenvalue weighted by atomic mass is 9.62. The SMILES string of the molecule is Cc1cc2c(cc1Cc1ccc(C(=O)NC(CO)CO)o1)C(C)(C)CCC2(C)C. The van der Waals surface area contributed by atoms with Crippen molar-refractivity contribution in [1.82, 2.24) is 5.32 Å². The zero-order valence-corrected chi connectivity index (χ0v) is 18.1. The molecule has 1 aromatic heterocycles. The number of hydrogen-bond donors (Lipinski definition) is 3. The van der Waals surface area contributed by atoms with E-state index in [4.69, 9.17) is 14.6 Å². The standard InChI is InChI=1S/C24H33NO4/c1-15-10-19-20(24(4,5)9-8-23(19,2)3)12-16(15)11-18-6-7-21(29-18)22(28)25-17(13-26)14-27/h6-7,10,12,17,26-27H,8-9,11,13-14H2,1-5H3,(H,25,28). The van der Waals surface area contributed by atoms with Gasteiger partial charge in [0.05, 0.1) is 19.3 Å². The monoisotopic (exact) mass is 399 g/mol. The lowest BCUT2D eigenvalue weighted by molar-refractivity contribution is 0.0850. The Hall–Kier alpha value is -2.11. The molecular formula is C24H33NO4. The summed E-state index contributed by atoms with van der Waals surface area (Å²) in [7, 11) is 0. The van der Waals surface area contributed by atoms with Gasteiger partial charge in [-0.2, -0.15) is 0 Å². The van der Waals surface area contributed by atoms with E-state index in [2.05, 4.69) is 52.1 Å². The minimum atomic E-state index is -0.690. The molecule has 3 rings (SSSR count). The molecule has 5 heteroatoms. The number of aryl methyl sites for hydroxylation is 1. The van der Waals surface area contributed by atoms with Crippen LogP contribution in [0, 0.1) is 6.92 Å². The molecule has 0 radical (unpaired) electrons.